The zero-order chi connectivity index (χ0) is 20.2. The molecular weight excluding hydrogens is 412 g/mol. The predicted octanol–water partition coefficient (Wildman–Crippen LogP) is 1.46. The number of hydrogen-bond donors (Lipinski definition) is 1. The fourth-order valence-corrected chi connectivity index (χ4v) is 4.25. The zero-order valence-electron chi connectivity index (χ0n) is 15.8. The molecule has 1 aliphatic rings. The monoisotopic (exact) mass is 432 g/mol. The number of benzene rings is 1. The van der Waals surface area contributed by atoms with E-state index in [2.05, 4.69) is 20.3 Å². The highest BCUT2D eigenvalue weighted by atomic mass is 35.5. The molecule has 0 spiro atoms. The van der Waals surface area contributed by atoms with Crippen molar-refractivity contribution in [1.29, 1.82) is 0 Å². The molecule has 1 amide bonds. The quantitative estimate of drug-likeness (QED) is 0.634. The molecule has 0 aliphatic carbocycles. The Balaban J connectivity index is 1.43. The molecule has 0 unspecified atom stereocenters. The maximum atomic E-state index is 12.6. The molecule has 1 fully saturated rings. The van der Waals surface area contributed by atoms with E-state index in [0.29, 0.717) is 29.5 Å². The van der Waals surface area contributed by atoms with Gasteiger partial charge in [-0.1, -0.05) is 23.7 Å². The molecule has 0 saturated carbocycles. The van der Waals surface area contributed by atoms with Gasteiger partial charge in [0.25, 0.3) is 0 Å². The second-order valence-corrected chi connectivity index (χ2v) is 8.37. The highest BCUT2D eigenvalue weighted by Gasteiger charge is 2.19. The van der Waals surface area contributed by atoms with E-state index in [9.17, 15) is 9.59 Å². The van der Waals surface area contributed by atoms with Gasteiger partial charge in [0.1, 0.15) is 6.54 Å². The van der Waals surface area contributed by atoms with Crippen LogP contribution in [0.15, 0.2) is 41.5 Å². The van der Waals surface area contributed by atoms with Crippen molar-refractivity contribution in [1.82, 2.24) is 24.5 Å². The molecule has 1 saturated heterocycles. The first kappa shape index (κ1) is 19.8. The average Bonchev–Trinajstić information content (AvgIpc) is 3.06. The van der Waals surface area contributed by atoms with E-state index in [-0.39, 0.29) is 18.1 Å². The number of hydrogen-bond acceptors (Lipinski definition) is 6. The summed E-state index contributed by atoms with van der Waals surface area (Å²) < 4.78 is 2.64. The highest BCUT2D eigenvalue weighted by Crippen LogP contribution is 2.20. The SMILES string of the molecule is O=C(Cn1nc2c(N3CCSCC3)nccn2c1=O)NCCc1ccc(Cl)cc1. The van der Waals surface area contributed by atoms with Gasteiger partial charge in [-0.05, 0) is 24.1 Å². The smallest absolute Gasteiger partial charge is 0.350 e. The second-order valence-electron chi connectivity index (χ2n) is 6.71. The third kappa shape index (κ3) is 4.56. The molecule has 1 N–H and O–H groups in total. The summed E-state index contributed by atoms with van der Waals surface area (Å²) in [5.41, 5.74) is 1.22. The molecule has 2 aromatic heterocycles. The van der Waals surface area contributed by atoms with Gasteiger partial charge >= 0.3 is 5.69 Å². The Bertz CT molecular complexity index is 1060. The van der Waals surface area contributed by atoms with Crippen LogP contribution in [0, 0.1) is 0 Å². The van der Waals surface area contributed by atoms with Crippen molar-refractivity contribution in [2.45, 2.75) is 13.0 Å². The van der Waals surface area contributed by atoms with Crippen LogP contribution in [-0.2, 0) is 17.8 Å². The van der Waals surface area contributed by atoms with Crippen LogP contribution in [0.3, 0.4) is 0 Å². The fourth-order valence-electron chi connectivity index (χ4n) is 3.23. The van der Waals surface area contributed by atoms with Crippen LogP contribution < -0.4 is 15.9 Å². The maximum Gasteiger partial charge on any atom is 0.350 e. The van der Waals surface area contributed by atoms with Gasteiger partial charge in [0, 0.05) is 48.6 Å². The summed E-state index contributed by atoms with van der Waals surface area (Å²) >= 11 is 7.77. The number of carbonyl (C=O) groups is 1. The molecule has 0 atom stereocenters. The van der Waals surface area contributed by atoms with E-state index in [1.165, 1.54) is 9.08 Å². The van der Waals surface area contributed by atoms with E-state index >= 15 is 0 Å². The molecule has 3 heterocycles. The van der Waals surface area contributed by atoms with Crippen molar-refractivity contribution in [2.24, 2.45) is 0 Å². The van der Waals surface area contributed by atoms with Gasteiger partial charge in [0.2, 0.25) is 11.6 Å². The summed E-state index contributed by atoms with van der Waals surface area (Å²) in [6.45, 7) is 2.07. The molecule has 0 radical (unpaired) electrons. The Morgan fingerprint density at radius 1 is 1.21 bits per heavy atom. The number of halogens is 1. The van der Waals surface area contributed by atoms with Gasteiger partial charge in [0.05, 0.1) is 0 Å². The Labute approximate surface area is 176 Å². The Hall–Kier alpha value is -2.52. The van der Waals surface area contributed by atoms with Gasteiger partial charge in [-0.3, -0.25) is 4.79 Å². The standard InChI is InChI=1S/C19H21ClN6O2S/c20-15-3-1-14(2-4-15)5-6-21-16(27)13-26-19(28)25-8-7-22-17(18(25)23-26)24-9-11-29-12-10-24/h1-4,7-8H,5-6,9-13H2,(H,21,27). The number of anilines is 1. The van der Waals surface area contributed by atoms with Crippen LogP contribution in [0.1, 0.15) is 5.56 Å². The number of carbonyl (C=O) groups excluding carboxylic acids is 1. The first-order chi connectivity index (χ1) is 14.1. The molecule has 4 rings (SSSR count). The normalized spacial score (nSPS) is 14.3. The topological polar surface area (TPSA) is 84.5 Å². The largest absolute Gasteiger partial charge is 0.354 e. The van der Waals surface area contributed by atoms with Crippen molar-refractivity contribution in [2.75, 3.05) is 36.0 Å². The van der Waals surface area contributed by atoms with Gasteiger partial charge in [0.15, 0.2) is 5.82 Å². The summed E-state index contributed by atoms with van der Waals surface area (Å²) in [5.74, 6) is 2.47. The van der Waals surface area contributed by atoms with E-state index < -0.39 is 0 Å². The van der Waals surface area contributed by atoms with Crippen molar-refractivity contribution in [3.8, 4) is 0 Å². The first-order valence-corrected chi connectivity index (χ1v) is 10.9. The minimum Gasteiger partial charge on any atom is -0.354 e. The minimum absolute atomic E-state index is 0.129. The third-order valence-electron chi connectivity index (χ3n) is 4.74. The number of fused-ring (bicyclic) bond motifs is 1. The van der Waals surface area contributed by atoms with E-state index in [1.54, 1.807) is 12.4 Å². The molecule has 29 heavy (non-hydrogen) atoms. The molecule has 0 bridgehead atoms. The molecule has 1 aromatic carbocycles. The minimum atomic E-state index is -0.345. The highest BCUT2D eigenvalue weighted by molar-refractivity contribution is 7.99. The molecule has 152 valence electrons. The summed E-state index contributed by atoms with van der Waals surface area (Å²) in [6.07, 6.45) is 3.87. The van der Waals surface area contributed by atoms with Crippen molar-refractivity contribution >= 4 is 40.7 Å². The van der Waals surface area contributed by atoms with Gasteiger partial charge in [-0.15, -0.1) is 5.10 Å². The fraction of sp³-hybridized carbons (Fsp3) is 0.368. The number of aromatic nitrogens is 4. The lowest BCUT2D eigenvalue weighted by molar-refractivity contribution is -0.121. The molecule has 10 heteroatoms. The summed E-state index contributed by atoms with van der Waals surface area (Å²) in [5, 5.41) is 7.90. The predicted molar refractivity (Wildman–Crippen MR) is 115 cm³/mol. The zero-order valence-corrected chi connectivity index (χ0v) is 17.3. The van der Waals surface area contributed by atoms with Crippen molar-refractivity contribution in [3.05, 3.63) is 57.7 Å². The lowest BCUT2D eigenvalue weighted by Crippen LogP contribution is -2.34. The number of thioether (sulfide) groups is 1. The summed E-state index contributed by atoms with van der Waals surface area (Å²) in [4.78, 5) is 31.5. The number of nitrogens with one attached hydrogen (secondary N) is 1. The Morgan fingerprint density at radius 3 is 2.72 bits per heavy atom. The number of amides is 1. The first-order valence-electron chi connectivity index (χ1n) is 9.40. The van der Waals surface area contributed by atoms with Crippen LogP contribution in [-0.4, -0.2) is 56.2 Å². The Kier molecular flexibility index (Phi) is 6.05. The van der Waals surface area contributed by atoms with E-state index in [1.807, 2.05) is 36.0 Å². The van der Waals surface area contributed by atoms with E-state index in [4.69, 9.17) is 11.6 Å². The summed E-state index contributed by atoms with van der Waals surface area (Å²) in [7, 11) is 0. The van der Waals surface area contributed by atoms with Gasteiger partial charge in [-0.2, -0.15) is 11.8 Å². The number of nitrogens with zero attached hydrogens (tertiary/aromatic N) is 5. The molecule has 1 aliphatic heterocycles. The Morgan fingerprint density at radius 2 is 1.97 bits per heavy atom. The molecular formula is C19H21ClN6O2S. The van der Waals surface area contributed by atoms with Gasteiger partial charge < -0.3 is 10.2 Å². The van der Waals surface area contributed by atoms with Crippen LogP contribution in [0.5, 0.6) is 0 Å². The average molecular weight is 433 g/mol. The van der Waals surface area contributed by atoms with E-state index in [0.717, 1.165) is 30.2 Å². The van der Waals surface area contributed by atoms with Crippen molar-refractivity contribution < 1.29 is 4.79 Å². The molecule has 8 nitrogen and oxygen atoms in total. The third-order valence-corrected chi connectivity index (χ3v) is 5.93. The van der Waals surface area contributed by atoms with Gasteiger partial charge in [-0.25, -0.2) is 18.9 Å². The van der Waals surface area contributed by atoms with Crippen LogP contribution in [0.4, 0.5) is 5.82 Å². The molecule has 3 aromatic rings. The van der Waals surface area contributed by atoms with Crippen molar-refractivity contribution in [3.63, 3.8) is 0 Å². The lowest BCUT2D eigenvalue weighted by Gasteiger charge is -2.27. The summed E-state index contributed by atoms with van der Waals surface area (Å²) in [6, 6.07) is 7.49. The number of rotatable bonds is 6. The lowest BCUT2D eigenvalue weighted by atomic mass is 10.1. The van der Waals surface area contributed by atoms with Crippen LogP contribution >= 0.6 is 23.4 Å². The second kappa shape index (κ2) is 8.87. The van der Waals surface area contributed by atoms with Crippen LogP contribution in [0.25, 0.3) is 5.65 Å². The van der Waals surface area contributed by atoms with Crippen LogP contribution in [0.2, 0.25) is 5.02 Å². The maximum absolute atomic E-state index is 12.6.